The van der Waals surface area contributed by atoms with Gasteiger partial charge in [0.15, 0.2) is 0 Å². The van der Waals surface area contributed by atoms with Gasteiger partial charge in [-0.2, -0.15) is 0 Å². The van der Waals surface area contributed by atoms with Crippen molar-refractivity contribution >= 4 is 6.09 Å². The van der Waals surface area contributed by atoms with E-state index in [9.17, 15) is 18.0 Å². The summed E-state index contributed by atoms with van der Waals surface area (Å²) in [6, 6.07) is 4.99. The molecule has 0 aliphatic carbocycles. The molecule has 1 atom stereocenters. The van der Waals surface area contributed by atoms with Gasteiger partial charge in [-0.1, -0.05) is 12.1 Å². The summed E-state index contributed by atoms with van der Waals surface area (Å²) in [6.07, 6.45) is -4.05. The molecule has 152 valence electrons. The molecule has 0 radical (unpaired) electrons. The molecule has 1 aliphatic rings. The van der Waals surface area contributed by atoms with Crippen LogP contribution in [0.1, 0.15) is 45.5 Å². The Balaban J connectivity index is 1.84. The van der Waals surface area contributed by atoms with Crippen molar-refractivity contribution in [3.63, 3.8) is 0 Å². The SMILES string of the molecule is CC(C)(C)OC(=O)N1CCCC1c1nnc(-c2ccccc2OC(F)(F)F)o1. The average Bonchev–Trinajstić information content (AvgIpc) is 3.21. The number of nitrogens with zero attached hydrogens (tertiary/aromatic N) is 3. The number of hydrogen-bond acceptors (Lipinski definition) is 6. The van der Waals surface area contributed by atoms with E-state index in [4.69, 9.17) is 9.15 Å². The maximum Gasteiger partial charge on any atom is 0.573 e. The summed E-state index contributed by atoms with van der Waals surface area (Å²) in [7, 11) is 0. The highest BCUT2D eigenvalue weighted by Crippen LogP contribution is 2.36. The van der Waals surface area contributed by atoms with Gasteiger partial charge in [-0.3, -0.25) is 4.90 Å². The Bertz CT molecular complexity index is 845. The number of carbonyl (C=O) groups excluding carboxylic acids is 1. The third-order valence-corrected chi connectivity index (χ3v) is 3.95. The minimum Gasteiger partial charge on any atom is -0.444 e. The van der Waals surface area contributed by atoms with E-state index < -0.39 is 29.8 Å². The second-order valence-corrected chi connectivity index (χ2v) is 7.32. The standard InChI is InChI=1S/C18H20F3N3O4/c1-17(2,3)28-16(25)24-10-6-8-12(24)15-23-22-14(26-15)11-7-4-5-9-13(11)27-18(19,20)21/h4-5,7,9,12H,6,8,10H2,1-3H3. The number of rotatable bonds is 3. The Hall–Kier alpha value is -2.78. The monoisotopic (exact) mass is 399 g/mol. The van der Waals surface area contributed by atoms with E-state index in [1.165, 1.54) is 23.1 Å². The zero-order chi connectivity index (χ0) is 20.5. The lowest BCUT2D eigenvalue weighted by atomic mass is 10.2. The van der Waals surface area contributed by atoms with Crippen molar-refractivity contribution in [2.24, 2.45) is 0 Å². The number of alkyl halides is 3. The molecule has 1 fully saturated rings. The van der Waals surface area contributed by atoms with Crippen LogP contribution >= 0.6 is 0 Å². The lowest BCUT2D eigenvalue weighted by Gasteiger charge is -2.27. The Morgan fingerprint density at radius 1 is 1.21 bits per heavy atom. The largest absolute Gasteiger partial charge is 0.573 e. The molecule has 1 aromatic heterocycles. The first-order chi connectivity index (χ1) is 13.0. The molecule has 1 aromatic carbocycles. The van der Waals surface area contributed by atoms with Crippen LogP contribution in [0.25, 0.3) is 11.5 Å². The van der Waals surface area contributed by atoms with Crippen molar-refractivity contribution in [3.05, 3.63) is 30.2 Å². The van der Waals surface area contributed by atoms with Crippen molar-refractivity contribution in [1.29, 1.82) is 0 Å². The summed E-state index contributed by atoms with van der Waals surface area (Å²) < 4.78 is 52.9. The summed E-state index contributed by atoms with van der Waals surface area (Å²) >= 11 is 0. The quantitative estimate of drug-likeness (QED) is 0.744. The minimum atomic E-state index is -4.85. The molecular weight excluding hydrogens is 379 g/mol. The van der Waals surface area contributed by atoms with Crippen LogP contribution in [0.2, 0.25) is 0 Å². The Morgan fingerprint density at radius 3 is 2.61 bits per heavy atom. The maximum absolute atomic E-state index is 12.6. The van der Waals surface area contributed by atoms with Crippen LogP contribution in [0.5, 0.6) is 5.75 Å². The molecule has 28 heavy (non-hydrogen) atoms. The zero-order valence-electron chi connectivity index (χ0n) is 15.6. The van der Waals surface area contributed by atoms with Gasteiger partial charge < -0.3 is 13.9 Å². The first-order valence-corrected chi connectivity index (χ1v) is 8.72. The predicted octanol–water partition coefficient (Wildman–Crippen LogP) is 4.71. The van der Waals surface area contributed by atoms with Gasteiger partial charge in [-0.25, -0.2) is 4.79 Å². The van der Waals surface area contributed by atoms with Gasteiger partial charge in [0.25, 0.3) is 5.89 Å². The molecule has 0 N–H and O–H groups in total. The zero-order valence-corrected chi connectivity index (χ0v) is 15.6. The van der Waals surface area contributed by atoms with Crippen LogP contribution < -0.4 is 4.74 Å². The molecule has 1 saturated heterocycles. The number of amides is 1. The van der Waals surface area contributed by atoms with E-state index in [1.807, 2.05) is 0 Å². The molecule has 1 amide bonds. The Kier molecular flexibility index (Phi) is 5.22. The van der Waals surface area contributed by atoms with E-state index in [0.29, 0.717) is 13.0 Å². The number of para-hydroxylation sites is 1. The fraction of sp³-hybridized carbons (Fsp3) is 0.500. The molecule has 2 aromatic rings. The van der Waals surface area contributed by atoms with Crippen molar-refractivity contribution in [1.82, 2.24) is 15.1 Å². The van der Waals surface area contributed by atoms with Gasteiger partial charge in [0.05, 0.1) is 5.56 Å². The van der Waals surface area contributed by atoms with Gasteiger partial charge in [0.2, 0.25) is 5.89 Å². The Labute approximate surface area is 159 Å². The fourth-order valence-corrected chi connectivity index (χ4v) is 2.90. The molecule has 2 heterocycles. The third kappa shape index (κ3) is 4.73. The van der Waals surface area contributed by atoms with Crippen molar-refractivity contribution in [2.75, 3.05) is 6.54 Å². The van der Waals surface area contributed by atoms with Gasteiger partial charge in [0, 0.05) is 6.54 Å². The van der Waals surface area contributed by atoms with Gasteiger partial charge in [-0.05, 0) is 45.7 Å². The molecule has 7 nitrogen and oxygen atoms in total. The van der Waals surface area contributed by atoms with Crippen LogP contribution in [0.4, 0.5) is 18.0 Å². The van der Waals surface area contributed by atoms with E-state index in [0.717, 1.165) is 12.5 Å². The predicted molar refractivity (Wildman–Crippen MR) is 91.3 cm³/mol. The number of carbonyl (C=O) groups is 1. The van der Waals surface area contributed by atoms with Crippen LogP contribution in [0, 0.1) is 0 Å². The second-order valence-electron chi connectivity index (χ2n) is 7.32. The highest BCUT2D eigenvalue weighted by molar-refractivity contribution is 5.69. The average molecular weight is 399 g/mol. The number of hydrogen-bond donors (Lipinski definition) is 0. The summed E-state index contributed by atoms with van der Waals surface area (Å²) in [6.45, 7) is 5.75. The number of ether oxygens (including phenoxy) is 2. The minimum absolute atomic E-state index is 0.0142. The van der Waals surface area contributed by atoms with Crippen LogP contribution in [-0.4, -0.2) is 39.7 Å². The molecule has 0 saturated carbocycles. The summed E-state index contributed by atoms with van der Waals surface area (Å²) in [5.74, 6) is -0.424. The molecule has 0 bridgehead atoms. The van der Waals surface area contributed by atoms with Crippen molar-refractivity contribution < 1.29 is 31.9 Å². The van der Waals surface area contributed by atoms with Gasteiger partial charge in [-0.15, -0.1) is 23.4 Å². The van der Waals surface area contributed by atoms with Gasteiger partial charge >= 0.3 is 12.5 Å². The molecule has 10 heteroatoms. The number of aromatic nitrogens is 2. The highest BCUT2D eigenvalue weighted by Gasteiger charge is 2.37. The Morgan fingerprint density at radius 2 is 1.93 bits per heavy atom. The van der Waals surface area contributed by atoms with E-state index in [-0.39, 0.29) is 17.3 Å². The van der Waals surface area contributed by atoms with Crippen LogP contribution in [0.15, 0.2) is 28.7 Å². The summed E-state index contributed by atoms with van der Waals surface area (Å²) in [5, 5.41) is 7.79. The second kappa shape index (κ2) is 7.33. The lowest BCUT2D eigenvalue weighted by Crippen LogP contribution is -2.36. The normalized spacial score (nSPS) is 17.6. The topological polar surface area (TPSA) is 77.7 Å². The third-order valence-electron chi connectivity index (χ3n) is 3.95. The van der Waals surface area contributed by atoms with E-state index in [1.54, 1.807) is 20.8 Å². The smallest absolute Gasteiger partial charge is 0.444 e. The highest BCUT2D eigenvalue weighted by atomic mass is 19.4. The van der Waals surface area contributed by atoms with Crippen LogP contribution in [-0.2, 0) is 4.74 Å². The number of likely N-dealkylation sites (tertiary alicyclic amines) is 1. The first-order valence-electron chi connectivity index (χ1n) is 8.72. The molecule has 3 rings (SSSR count). The summed E-state index contributed by atoms with van der Waals surface area (Å²) in [4.78, 5) is 13.9. The van der Waals surface area contributed by atoms with Crippen molar-refractivity contribution in [3.8, 4) is 17.2 Å². The first kappa shape index (κ1) is 20.0. The van der Waals surface area contributed by atoms with Crippen LogP contribution in [0.3, 0.4) is 0 Å². The van der Waals surface area contributed by atoms with E-state index >= 15 is 0 Å². The molecular formula is C18H20F3N3O4. The summed E-state index contributed by atoms with van der Waals surface area (Å²) in [5.41, 5.74) is -0.640. The lowest BCUT2D eigenvalue weighted by molar-refractivity contribution is -0.274. The molecule has 0 spiro atoms. The maximum atomic E-state index is 12.6. The fourth-order valence-electron chi connectivity index (χ4n) is 2.90. The number of benzene rings is 1. The van der Waals surface area contributed by atoms with Crippen molar-refractivity contribution in [2.45, 2.75) is 51.6 Å². The molecule has 1 aliphatic heterocycles. The van der Waals surface area contributed by atoms with Gasteiger partial charge in [0.1, 0.15) is 17.4 Å². The molecule has 1 unspecified atom stereocenters. The number of halogens is 3. The van der Waals surface area contributed by atoms with E-state index in [2.05, 4.69) is 14.9 Å².